The molecule has 0 fully saturated rings. The van der Waals surface area contributed by atoms with Crippen LogP contribution in [0, 0.1) is 0 Å². The first kappa shape index (κ1) is 20.0. The molecule has 11 heteroatoms. The highest BCUT2D eigenvalue weighted by molar-refractivity contribution is 7.98. The summed E-state index contributed by atoms with van der Waals surface area (Å²) in [6.07, 6.45) is -4.44. The molecular weight excluding hydrogens is 419 g/mol. The number of benzene rings is 2. The number of ether oxygens (including phenoxy) is 1. The zero-order chi connectivity index (χ0) is 21.1. The summed E-state index contributed by atoms with van der Waals surface area (Å²) in [5.74, 6) is 1.94. The highest BCUT2D eigenvalue weighted by Crippen LogP contribution is 2.31. The third-order valence-corrected chi connectivity index (χ3v) is 4.90. The van der Waals surface area contributed by atoms with Crippen LogP contribution in [0.4, 0.5) is 13.2 Å². The molecule has 0 atom stereocenters. The van der Waals surface area contributed by atoms with Gasteiger partial charge < -0.3 is 9.26 Å². The molecule has 0 saturated heterocycles. The van der Waals surface area contributed by atoms with Crippen molar-refractivity contribution in [1.29, 1.82) is 0 Å². The topological polar surface area (TPSA) is 89.7 Å². The predicted molar refractivity (Wildman–Crippen MR) is 103 cm³/mol. The number of hydrogen-bond acceptors (Lipinski definition) is 7. The van der Waals surface area contributed by atoms with Crippen LogP contribution in [0.2, 0.25) is 0 Å². The molecule has 30 heavy (non-hydrogen) atoms. The van der Waals surface area contributed by atoms with E-state index in [2.05, 4.69) is 25.3 Å². The van der Waals surface area contributed by atoms with Crippen LogP contribution in [0.3, 0.4) is 0 Å². The molecule has 0 unspecified atom stereocenters. The van der Waals surface area contributed by atoms with Gasteiger partial charge in [-0.3, -0.25) is 5.10 Å². The van der Waals surface area contributed by atoms with Crippen molar-refractivity contribution in [3.63, 3.8) is 0 Å². The van der Waals surface area contributed by atoms with Gasteiger partial charge in [-0.25, -0.2) is 4.98 Å². The Bertz CT molecular complexity index is 1140. The summed E-state index contributed by atoms with van der Waals surface area (Å²) in [7, 11) is 1.59. The van der Waals surface area contributed by atoms with E-state index in [-0.39, 0.29) is 23.0 Å². The summed E-state index contributed by atoms with van der Waals surface area (Å²) < 4.78 is 48.9. The molecule has 0 aliphatic carbocycles. The van der Waals surface area contributed by atoms with Crippen LogP contribution < -0.4 is 4.74 Å². The number of hydrogen-bond donors (Lipinski definition) is 1. The van der Waals surface area contributed by atoms with Crippen molar-refractivity contribution in [3.05, 3.63) is 60.0 Å². The minimum absolute atomic E-state index is 0.0885. The van der Waals surface area contributed by atoms with Gasteiger partial charge in [0.15, 0.2) is 5.82 Å². The highest BCUT2D eigenvalue weighted by Gasteiger charge is 2.30. The SMILES string of the molecule is COc1ccc(-c2nc(SCc3nc(-c4cccc(C(F)(F)F)c4)no3)n[nH]2)cc1. The standard InChI is InChI=1S/C19H14F3N5O2S/c1-28-14-7-5-11(6-8-14)16-24-18(26-25-16)30-10-15-23-17(27-29-15)12-3-2-4-13(9-12)19(20,21)22/h2-9H,10H2,1H3,(H,24,25,26). The van der Waals surface area contributed by atoms with E-state index in [0.717, 1.165) is 23.4 Å². The molecule has 7 nitrogen and oxygen atoms in total. The van der Waals surface area contributed by atoms with Crippen LogP contribution in [0.1, 0.15) is 11.5 Å². The predicted octanol–water partition coefficient (Wildman–Crippen LogP) is 4.84. The van der Waals surface area contributed by atoms with Crippen LogP contribution in [0.5, 0.6) is 5.75 Å². The lowest BCUT2D eigenvalue weighted by Gasteiger charge is -2.06. The van der Waals surface area contributed by atoms with Crippen LogP contribution in [0.25, 0.3) is 22.8 Å². The number of methoxy groups -OCH3 is 1. The van der Waals surface area contributed by atoms with Gasteiger partial charge in [0, 0.05) is 11.1 Å². The van der Waals surface area contributed by atoms with Crippen LogP contribution in [0.15, 0.2) is 58.2 Å². The average Bonchev–Trinajstić information content (AvgIpc) is 3.42. The molecule has 0 bridgehead atoms. The van der Waals surface area contributed by atoms with Gasteiger partial charge >= 0.3 is 6.18 Å². The van der Waals surface area contributed by atoms with Gasteiger partial charge in [-0.1, -0.05) is 29.1 Å². The zero-order valence-electron chi connectivity index (χ0n) is 15.5. The Morgan fingerprint density at radius 3 is 2.60 bits per heavy atom. The van der Waals surface area contributed by atoms with Gasteiger partial charge in [0.25, 0.3) is 0 Å². The maximum absolute atomic E-state index is 12.9. The molecule has 2 aromatic heterocycles. The Morgan fingerprint density at radius 2 is 1.87 bits per heavy atom. The summed E-state index contributed by atoms with van der Waals surface area (Å²) in [5.41, 5.74) is 0.303. The second-order valence-corrected chi connectivity index (χ2v) is 7.02. The zero-order valence-corrected chi connectivity index (χ0v) is 16.3. The fraction of sp³-hybridized carbons (Fsp3) is 0.158. The van der Waals surface area contributed by atoms with Crippen LogP contribution >= 0.6 is 11.8 Å². The van der Waals surface area contributed by atoms with Crippen LogP contribution in [-0.2, 0) is 11.9 Å². The van der Waals surface area contributed by atoms with Crippen molar-refractivity contribution in [3.8, 4) is 28.5 Å². The molecule has 1 N–H and O–H groups in total. The first-order valence-electron chi connectivity index (χ1n) is 8.62. The van der Waals surface area contributed by atoms with Gasteiger partial charge in [-0.05, 0) is 36.4 Å². The van der Waals surface area contributed by atoms with Gasteiger partial charge in [0.2, 0.25) is 16.9 Å². The number of H-pyrrole nitrogens is 1. The largest absolute Gasteiger partial charge is 0.497 e. The highest BCUT2D eigenvalue weighted by atomic mass is 32.2. The fourth-order valence-corrected chi connectivity index (χ4v) is 3.22. The normalized spacial score (nSPS) is 11.6. The number of aromatic amines is 1. The lowest BCUT2D eigenvalue weighted by molar-refractivity contribution is -0.137. The number of nitrogens with one attached hydrogen (secondary N) is 1. The van der Waals surface area contributed by atoms with Crippen molar-refractivity contribution in [1.82, 2.24) is 25.3 Å². The Kier molecular flexibility index (Phi) is 5.44. The lowest BCUT2D eigenvalue weighted by Crippen LogP contribution is -2.04. The molecule has 154 valence electrons. The average molecular weight is 433 g/mol. The van der Waals surface area contributed by atoms with Crippen molar-refractivity contribution in [2.75, 3.05) is 7.11 Å². The third kappa shape index (κ3) is 4.46. The second kappa shape index (κ2) is 8.19. The van der Waals surface area contributed by atoms with E-state index in [4.69, 9.17) is 9.26 Å². The number of alkyl halides is 3. The molecule has 0 radical (unpaired) electrons. The summed E-state index contributed by atoms with van der Waals surface area (Å²) >= 11 is 1.26. The van der Waals surface area contributed by atoms with Gasteiger partial charge in [-0.2, -0.15) is 18.2 Å². The number of thioether (sulfide) groups is 1. The van der Waals surface area contributed by atoms with E-state index in [1.165, 1.54) is 23.9 Å². The van der Waals surface area contributed by atoms with Crippen molar-refractivity contribution in [2.45, 2.75) is 17.1 Å². The molecule has 4 aromatic rings. The van der Waals surface area contributed by atoms with Crippen molar-refractivity contribution in [2.24, 2.45) is 0 Å². The quantitative estimate of drug-likeness (QED) is 0.435. The van der Waals surface area contributed by atoms with E-state index < -0.39 is 11.7 Å². The monoisotopic (exact) mass is 433 g/mol. The number of rotatable bonds is 6. The van der Waals surface area contributed by atoms with Gasteiger partial charge in [0.1, 0.15) is 5.75 Å². The maximum atomic E-state index is 12.9. The molecule has 0 spiro atoms. The molecule has 0 aliphatic heterocycles. The third-order valence-electron chi connectivity index (χ3n) is 4.07. The molecular formula is C19H14F3N5O2S. The number of halogens is 3. The van der Waals surface area contributed by atoms with Crippen molar-refractivity contribution < 1.29 is 22.4 Å². The van der Waals surface area contributed by atoms with Crippen LogP contribution in [-0.4, -0.2) is 32.4 Å². The summed E-state index contributed by atoms with van der Waals surface area (Å²) in [6, 6.07) is 12.1. The maximum Gasteiger partial charge on any atom is 0.416 e. The first-order chi connectivity index (χ1) is 14.4. The van der Waals surface area contributed by atoms with E-state index in [1.807, 2.05) is 24.3 Å². The summed E-state index contributed by atoms with van der Waals surface area (Å²) in [4.78, 5) is 8.55. The Morgan fingerprint density at radius 1 is 1.07 bits per heavy atom. The minimum Gasteiger partial charge on any atom is -0.497 e. The minimum atomic E-state index is -4.44. The molecule has 2 heterocycles. The Labute approximate surface area is 172 Å². The fourth-order valence-electron chi connectivity index (χ4n) is 2.58. The van der Waals surface area contributed by atoms with Crippen molar-refractivity contribution >= 4 is 11.8 Å². The molecule has 2 aromatic carbocycles. The van der Waals surface area contributed by atoms with Gasteiger partial charge in [-0.15, -0.1) is 5.10 Å². The lowest BCUT2D eigenvalue weighted by atomic mass is 10.1. The Balaban J connectivity index is 1.42. The van der Waals surface area contributed by atoms with E-state index >= 15 is 0 Å². The molecule has 0 saturated carbocycles. The first-order valence-corrected chi connectivity index (χ1v) is 9.61. The summed E-state index contributed by atoms with van der Waals surface area (Å²) in [5, 5.41) is 11.2. The van der Waals surface area contributed by atoms with E-state index in [9.17, 15) is 13.2 Å². The summed E-state index contributed by atoms with van der Waals surface area (Å²) in [6.45, 7) is 0. The molecule has 0 aliphatic rings. The second-order valence-electron chi connectivity index (χ2n) is 6.07. The Hall–Kier alpha value is -3.34. The number of nitrogens with zero attached hydrogens (tertiary/aromatic N) is 4. The molecule has 0 amide bonds. The van der Waals surface area contributed by atoms with Gasteiger partial charge in [0.05, 0.1) is 18.4 Å². The smallest absolute Gasteiger partial charge is 0.416 e. The van der Waals surface area contributed by atoms with E-state index in [1.54, 1.807) is 7.11 Å². The number of aromatic nitrogens is 5. The van der Waals surface area contributed by atoms with E-state index in [0.29, 0.717) is 11.0 Å². The molecule has 4 rings (SSSR count).